The number of nitrogens with zero attached hydrogens (tertiary/aromatic N) is 3. The van der Waals surface area contributed by atoms with Gasteiger partial charge in [-0.2, -0.15) is 0 Å². The van der Waals surface area contributed by atoms with Crippen LogP contribution < -0.4 is 27.0 Å². The number of aliphatic imine (C=N–C) groups is 1. The minimum atomic E-state index is -1.85. The molecule has 6 rings (SSSR count). The van der Waals surface area contributed by atoms with Gasteiger partial charge in [0, 0.05) is 35.3 Å². The van der Waals surface area contributed by atoms with Gasteiger partial charge in [-0.05, 0) is 72.0 Å². The Hall–Kier alpha value is -4.85. The molecule has 2 heterocycles. The lowest BCUT2D eigenvalue weighted by Crippen LogP contribution is -2.55. The van der Waals surface area contributed by atoms with Gasteiger partial charge < -0.3 is 27.0 Å². The van der Waals surface area contributed by atoms with Crippen LogP contribution in [0.3, 0.4) is 0 Å². The van der Waals surface area contributed by atoms with Crippen LogP contribution in [0.25, 0.3) is 34.0 Å². The Bertz CT molecular complexity index is 2470. The number of nitrogens with two attached hydrogens (primary N) is 1. The first-order valence-corrected chi connectivity index (χ1v) is 20.5. The molecule has 0 saturated carbocycles. The van der Waals surface area contributed by atoms with E-state index in [0.717, 1.165) is 38.6 Å². The van der Waals surface area contributed by atoms with Crippen LogP contribution in [0.2, 0.25) is 0 Å². The van der Waals surface area contributed by atoms with E-state index in [-0.39, 0.29) is 5.11 Å². The summed E-state index contributed by atoms with van der Waals surface area (Å²) in [6, 6.07) is 37.8. The van der Waals surface area contributed by atoms with Crippen LogP contribution in [-0.2, 0) is 9.59 Å². The van der Waals surface area contributed by atoms with E-state index in [1.54, 1.807) is 24.5 Å². The number of aromatic nitrogens is 2. The number of carbonyl (C=O) groups is 2. The summed E-state index contributed by atoms with van der Waals surface area (Å²) in [5.41, 5.74) is 10.5. The van der Waals surface area contributed by atoms with E-state index in [9.17, 15) is 9.59 Å². The minimum absolute atomic E-state index is 0.164. The fraction of sp³-hybridized carbons (Fsp3) is 0.0952. The van der Waals surface area contributed by atoms with Gasteiger partial charge in [-0.25, -0.2) is 4.99 Å². The van der Waals surface area contributed by atoms with Gasteiger partial charge in [0.2, 0.25) is 19.4 Å². The van der Waals surface area contributed by atoms with Crippen molar-refractivity contribution in [3.05, 3.63) is 157 Å². The van der Waals surface area contributed by atoms with Crippen molar-refractivity contribution in [3.63, 3.8) is 0 Å². The molecule has 0 aliphatic carbocycles. The molecular formula is C42H34Cl6N8O2S2. The molecule has 0 aliphatic rings. The van der Waals surface area contributed by atoms with Crippen LogP contribution >= 0.6 is 94.0 Å². The van der Waals surface area contributed by atoms with Crippen LogP contribution in [0.5, 0.6) is 0 Å². The van der Waals surface area contributed by atoms with Crippen molar-refractivity contribution >= 4 is 161 Å². The van der Waals surface area contributed by atoms with Gasteiger partial charge in [-0.3, -0.25) is 19.6 Å². The molecule has 0 radical (unpaired) electrons. The summed E-state index contributed by atoms with van der Waals surface area (Å²) in [4.78, 5) is 36.1. The number of fused-ring (bicyclic) bond motifs is 2. The number of carbonyl (C=O) groups excluding carboxylic acids is 2. The van der Waals surface area contributed by atoms with Crippen LogP contribution in [0.1, 0.15) is 11.1 Å². The van der Waals surface area contributed by atoms with Crippen molar-refractivity contribution in [2.24, 2.45) is 4.99 Å². The number of alkyl halides is 6. The number of benzene rings is 4. The Morgan fingerprint density at radius 2 is 1.15 bits per heavy atom. The van der Waals surface area contributed by atoms with Gasteiger partial charge in [0.15, 0.2) is 11.3 Å². The minimum Gasteiger partial charge on any atom is -0.397 e. The number of hydrogen-bond acceptors (Lipinski definition) is 8. The molecule has 2 unspecified atom stereocenters. The zero-order valence-corrected chi connectivity index (χ0v) is 37.2. The second-order valence-electron chi connectivity index (χ2n) is 12.0. The molecule has 0 aliphatic heterocycles. The highest BCUT2D eigenvalue weighted by atomic mass is 35.6. The van der Waals surface area contributed by atoms with Crippen LogP contribution in [0, 0.1) is 0 Å². The van der Waals surface area contributed by atoms with Crippen molar-refractivity contribution in [2.75, 3.05) is 11.1 Å². The maximum absolute atomic E-state index is 12.3. The van der Waals surface area contributed by atoms with Crippen LogP contribution in [0.15, 0.2) is 151 Å². The third kappa shape index (κ3) is 16.3. The number of thiocarbonyl (C=S) groups is 2. The number of halogens is 6. The highest BCUT2D eigenvalue weighted by molar-refractivity contribution is 7.80. The SMILES string of the molecule is Nc1cccc2cccnc12.O=C(/C=C/c1ccccc1)NC(N=C=S)C(Cl)(Cl)Cl.O=C(/C=C/c1ccccc1)NC(NC(=S)Nc1cccc2cccnc12)C(Cl)(Cl)Cl. The van der Waals surface area contributed by atoms with Gasteiger partial charge >= 0.3 is 0 Å². The topological polar surface area (TPSA) is 146 Å². The summed E-state index contributed by atoms with van der Waals surface area (Å²) in [5, 5.41) is 15.1. The summed E-state index contributed by atoms with van der Waals surface area (Å²) >= 11 is 44.8. The van der Waals surface area contributed by atoms with E-state index in [1.165, 1.54) is 12.2 Å². The number of para-hydroxylation sites is 2. The Morgan fingerprint density at radius 1 is 0.650 bits per heavy atom. The summed E-state index contributed by atoms with van der Waals surface area (Å²) in [6.45, 7) is 0. The maximum Gasteiger partial charge on any atom is 0.245 e. The zero-order valence-electron chi connectivity index (χ0n) is 31.0. The lowest BCUT2D eigenvalue weighted by atomic mass is 10.2. The van der Waals surface area contributed by atoms with Crippen molar-refractivity contribution in [1.29, 1.82) is 0 Å². The normalized spacial score (nSPS) is 12.2. The molecule has 0 spiro atoms. The molecule has 10 nitrogen and oxygen atoms in total. The second kappa shape index (κ2) is 23.8. The van der Waals surface area contributed by atoms with Gasteiger partial charge in [0.1, 0.15) is 6.17 Å². The molecule has 308 valence electrons. The number of anilines is 2. The Labute approximate surface area is 387 Å². The fourth-order valence-electron chi connectivity index (χ4n) is 4.91. The van der Waals surface area contributed by atoms with Crippen molar-refractivity contribution in [3.8, 4) is 0 Å². The van der Waals surface area contributed by atoms with E-state index in [2.05, 4.69) is 53.6 Å². The predicted molar refractivity (Wildman–Crippen MR) is 258 cm³/mol. The van der Waals surface area contributed by atoms with E-state index >= 15 is 0 Å². The zero-order chi connectivity index (χ0) is 43.5. The van der Waals surface area contributed by atoms with Gasteiger partial charge in [-0.15, -0.1) is 0 Å². The Balaban J connectivity index is 0.000000224. The second-order valence-corrected chi connectivity index (χ2v) is 17.4. The fourth-order valence-corrected chi connectivity index (χ4v) is 5.88. The molecule has 0 saturated heterocycles. The number of pyridine rings is 2. The third-order valence-electron chi connectivity index (χ3n) is 7.66. The van der Waals surface area contributed by atoms with E-state index in [1.807, 2.05) is 121 Å². The summed E-state index contributed by atoms with van der Waals surface area (Å²) in [6.07, 6.45) is 7.24. The molecule has 0 fully saturated rings. The van der Waals surface area contributed by atoms with Gasteiger partial charge in [-0.1, -0.05) is 167 Å². The smallest absolute Gasteiger partial charge is 0.245 e. The molecule has 60 heavy (non-hydrogen) atoms. The highest BCUT2D eigenvalue weighted by Gasteiger charge is 2.35. The molecular weight excluding hydrogens is 925 g/mol. The van der Waals surface area contributed by atoms with Crippen molar-refractivity contribution < 1.29 is 9.59 Å². The Morgan fingerprint density at radius 3 is 1.67 bits per heavy atom. The predicted octanol–water partition coefficient (Wildman–Crippen LogP) is 10.5. The van der Waals surface area contributed by atoms with E-state index in [0.29, 0.717) is 5.69 Å². The van der Waals surface area contributed by atoms with E-state index < -0.39 is 31.7 Å². The molecule has 18 heteroatoms. The molecule has 2 amide bonds. The number of hydrogen-bond donors (Lipinski definition) is 5. The number of nitrogens with one attached hydrogen (secondary N) is 4. The largest absolute Gasteiger partial charge is 0.397 e. The summed E-state index contributed by atoms with van der Waals surface area (Å²) < 4.78 is -3.64. The summed E-state index contributed by atoms with van der Waals surface area (Å²) in [7, 11) is 0. The van der Waals surface area contributed by atoms with E-state index in [4.69, 9.17) is 87.6 Å². The lowest BCUT2D eigenvalue weighted by molar-refractivity contribution is -0.118. The number of amides is 2. The molecule has 4 aromatic carbocycles. The average Bonchev–Trinajstić information content (AvgIpc) is 3.23. The first-order chi connectivity index (χ1) is 28.6. The molecule has 6 N–H and O–H groups in total. The van der Waals surface area contributed by atoms with Gasteiger partial charge in [0.25, 0.3) is 0 Å². The summed E-state index contributed by atoms with van der Waals surface area (Å²) in [5.74, 6) is -0.897. The first kappa shape index (κ1) is 47.8. The Kier molecular flexibility index (Phi) is 19.0. The average molecular weight is 960 g/mol. The molecule has 2 atom stereocenters. The molecule has 6 aromatic rings. The molecule has 2 aromatic heterocycles. The monoisotopic (exact) mass is 956 g/mol. The number of nitrogen functional groups attached to an aromatic ring is 1. The quantitative estimate of drug-likeness (QED) is 0.0239. The third-order valence-corrected chi connectivity index (χ3v) is 9.26. The van der Waals surface area contributed by atoms with Crippen molar-refractivity contribution in [2.45, 2.75) is 19.9 Å². The molecule has 0 bridgehead atoms. The van der Waals surface area contributed by atoms with Gasteiger partial charge in [0.05, 0.1) is 27.6 Å². The standard InChI is InChI=1S/C21H17Cl3N4OS.C12H9Cl3N2OS.C9H8N2/c22-21(23,24)19(27-17(29)12-11-14-6-2-1-3-7-14)28-20(30)26-16-10-4-8-15-9-5-13-25-18(15)16;13-12(14,15)11(16-8-19)17-10(18)7-6-9-4-2-1-3-5-9;10-8-5-1-3-7-4-2-6-11-9(7)8/h1-13,19H,(H,27,29)(H2,26,28,30);1-7,11H,(H,17,18);1-6H,10H2/b12-11+;7-6+;. The first-order valence-electron chi connectivity index (χ1n) is 17.4. The highest BCUT2D eigenvalue weighted by Crippen LogP contribution is 2.31. The van der Waals surface area contributed by atoms with Crippen LogP contribution in [0.4, 0.5) is 11.4 Å². The van der Waals surface area contributed by atoms with Crippen molar-refractivity contribution in [1.82, 2.24) is 25.9 Å². The lowest BCUT2D eigenvalue weighted by Gasteiger charge is -2.27. The maximum atomic E-state index is 12.3. The number of rotatable bonds is 9. The number of isothiocyanates is 1. The van der Waals surface area contributed by atoms with Crippen LogP contribution in [-0.4, -0.2) is 52.0 Å².